The molecule has 1 atom stereocenters. The Balaban J connectivity index is 2.54. The molecule has 1 N–H and O–H groups in total. The van der Waals surface area contributed by atoms with Gasteiger partial charge in [-0.1, -0.05) is 28.9 Å². The number of carbonyl (C=O) groups excluding carboxylic acids is 1. The molecule has 0 saturated heterocycles. The summed E-state index contributed by atoms with van der Waals surface area (Å²) in [4.78, 5) is 11.8. The molecule has 0 aliphatic heterocycles. The average molecular weight is 274 g/mol. The van der Waals surface area contributed by atoms with E-state index in [1.807, 2.05) is 6.92 Å². The zero-order chi connectivity index (χ0) is 11.3. The van der Waals surface area contributed by atoms with Crippen LogP contribution in [-0.2, 0) is 0 Å². The lowest BCUT2D eigenvalue weighted by Gasteiger charge is -2.08. The third-order valence-corrected chi connectivity index (χ3v) is 2.99. The normalized spacial score (nSPS) is 12.2. The Morgan fingerprint density at radius 3 is 2.93 bits per heavy atom. The first-order valence-corrected chi connectivity index (χ1v) is 5.73. The standard InChI is InChI=1S/C11H13BrFNO/c1-2-9(12)7-14-11(15)8-4-3-5-10(13)6-8/h3-6,9H,2,7H2,1H3,(H,14,15). The highest BCUT2D eigenvalue weighted by molar-refractivity contribution is 9.09. The number of hydrogen-bond donors (Lipinski definition) is 1. The summed E-state index contributed by atoms with van der Waals surface area (Å²) in [5.41, 5.74) is 0.353. The molecule has 1 aromatic carbocycles. The molecule has 0 radical (unpaired) electrons. The molecule has 0 aliphatic rings. The minimum Gasteiger partial charge on any atom is -0.351 e. The summed E-state index contributed by atoms with van der Waals surface area (Å²) < 4.78 is 12.8. The van der Waals surface area contributed by atoms with Crippen molar-refractivity contribution in [2.75, 3.05) is 6.54 Å². The smallest absolute Gasteiger partial charge is 0.251 e. The minimum absolute atomic E-state index is 0.243. The molecule has 1 amide bonds. The van der Waals surface area contributed by atoms with Crippen molar-refractivity contribution in [1.82, 2.24) is 5.32 Å². The van der Waals surface area contributed by atoms with Gasteiger partial charge in [-0.3, -0.25) is 4.79 Å². The van der Waals surface area contributed by atoms with Gasteiger partial charge in [0.05, 0.1) is 0 Å². The number of alkyl halides is 1. The van der Waals surface area contributed by atoms with Crippen LogP contribution in [0.3, 0.4) is 0 Å². The van der Waals surface area contributed by atoms with Gasteiger partial charge in [-0.2, -0.15) is 0 Å². The van der Waals surface area contributed by atoms with E-state index in [0.29, 0.717) is 12.1 Å². The number of hydrogen-bond acceptors (Lipinski definition) is 1. The maximum absolute atomic E-state index is 12.8. The lowest BCUT2D eigenvalue weighted by molar-refractivity contribution is 0.0953. The van der Waals surface area contributed by atoms with Crippen LogP contribution in [0, 0.1) is 5.82 Å². The van der Waals surface area contributed by atoms with E-state index < -0.39 is 5.82 Å². The van der Waals surface area contributed by atoms with Gasteiger partial charge in [-0.15, -0.1) is 0 Å². The van der Waals surface area contributed by atoms with E-state index in [2.05, 4.69) is 21.2 Å². The zero-order valence-electron chi connectivity index (χ0n) is 8.47. The summed E-state index contributed by atoms with van der Waals surface area (Å²) in [7, 11) is 0. The summed E-state index contributed by atoms with van der Waals surface area (Å²) in [5, 5.41) is 2.72. The molecule has 0 heterocycles. The number of nitrogens with one attached hydrogen (secondary N) is 1. The number of halogens is 2. The lowest BCUT2D eigenvalue weighted by Crippen LogP contribution is -2.29. The fourth-order valence-corrected chi connectivity index (χ4v) is 1.24. The Morgan fingerprint density at radius 1 is 1.60 bits per heavy atom. The second-order valence-corrected chi connectivity index (χ2v) is 4.52. The predicted molar refractivity (Wildman–Crippen MR) is 61.7 cm³/mol. The van der Waals surface area contributed by atoms with Crippen LogP contribution in [0.5, 0.6) is 0 Å². The van der Waals surface area contributed by atoms with Gasteiger partial charge >= 0.3 is 0 Å². The van der Waals surface area contributed by atoms with Gasteiger partial charge in [-0.05, 0) is 24.6 Å². The summed E-state index contributed by atoms with van der Waals surface area (Å²) in [6.07, 6.45) is 0.934. The first-order chi connectivity index (χ1) is 7.13. The van der Waals surface area contributed by atoms with Gasteiger partial charge < -0.3 is 5.32 Å². The van der Waals surface area contributed by atoms with Crippen LogP contribution in [0.4, 0.5) is 4.39 Å². The molecule has 4 heteroatoms. The van der Waals surface area contributed by atoms with E-state index in [1.54, 1.807) is 6.07 Å². The Morgan fingerprint density at radius 2 is 2.33 bits per heavy atom. The fraction of sp³-hybridized carbons (Fsp3) is 0.364. The van der Waals surface area contributed by atoms with Gasteiger partial charge in [0.15, 0.2) is 0 Å². The van der Waals surface area contributed by atoms with Crippen molar-refractivity contribution >= 4 is 21.8 Å². The first-order valence-electron chi connectivity index (χ1n) is 4.81. The summed E-state index contributed by atoms with van der Waals surface area (Å²) in [6.45, 7) is 2.57. The third-order valence-electron chi connectivity index (χ3n) is 2.01. The van der Waals surface area contributed by atoms with Crippen LogP contribution in [0.25, 0.3) is 0 Å². The van der Waals surface area contributed by atoms with Crippen molar-refractivity contribution in [2.24, 2.45) is 0 Å². The van der Waals surface area contributed by atoms with Crippen LogP contribution in [0.2, 0.25) is 0 Å². The molecular weight excluding hydrogens is 261 g/mol. The average Bonchev–Trinajstić information content (AvgIpc) is 2.25. The number of rotatable bonds is 4. The predicted octanol–water partition coefficient (Wildman–Crippen LogP) is 2.73. The van der Waals surface area contributed by atoms with Gasteiger partial charge in [0.2, 0.25) is 0 Å². The van der Waals surface area contributed by atoms with Gasteiger partial charge in [-0.25, -0.2) is 4.39 Å². The van der Waals surface area contributed by atoms with Gasteiger partial charge in [0.25, 0.3) is 5.91 Å². The van der Waals surface area contributed by atoms with Crippen molar-refractivity contribution in [3.8, 4) is 0 Å². The molecule has 0 spiro atoms. The Hall–Kier alpha value is -0.900. The van der Waals surface area contributed by atoms with Crippen molar-refractivity contribution in [3.05, 3.63) is 35.6 Å². The molecule has 0 saturated carbocycles. The van der Waals surface area contributed by atoms with E-state index in [1.165, 1.54) is 18.2 Å². The van der Waals surface area contributed by atoms with E-state index in [9.17, 15) is 9.18 Å². The van der Waals surface area contributed by atoms with Gasteiger partial charge in [0.1, 0.15) is 5.82 Å². The van der Waals surface area contributed by atoms with Crippen LogP contribution >= 0.6 is 15.9 Å². The van der Waals surface area contributed by atoms with E-state index in [-0.39, 0.29) is 10.7 Å². The van der Waals surface area contributed by atoms with Crippen molar-refractivity contribution in [1.29, 1.82) is 0 Å². The molecule has 0 bridgehead atoms. The van der Waals surface area contributed by atoms with Crippen LogP contribution in [0.1, 0.15) is 23.7 Å². The maximum atomic E-state index is 12.8. The highest BCUT2D eigenvalue weighted by Crippen LogP contribution is 2.05. The van der Waals surface area contributed by atoms with Gasteiger partial charge in [0, 0.05) is 16.9 Å². The van der Waals surface area contributed by atoms with Crippen LogP contribution < -0.4 is 5.32 Å². The van der Waals surface area contributed by atoms with E-state index in [4.69, 9.17) is 0 Å². The second-order valence-electron chi connectivity index (χ2n) is 3.23. The summed E-state index contributed by atoms with van der Waals surface area (Å²) in [5.74, 6) is -0.638. The molecular formula is C11H13BrFNO. The molecule has 1 rings (SSSR count). The SMILES string of the molecule is CCC(Br)CNC(=O)c1cccc(F)c1. The molecule has 1 unspecified atom stereocenters. The molecule has 82 valence electrons. The monoisotopic (exact) mass is 273 g/mol. The molecule has 0 fully saturated rings. The Bertz CT molecular complexity index is 343. The first kappa shape index (κ1) is 12.2. The van der Waals surface area contributed by atoms with Crippen molar-refractivity contribution in [3.63, 3.8) is 0 Å². The number of benzene rings is 1. The molecule has 1 aromatic rings. The quantitative estimate of drug-likeness (QED) is 0.840. The van der Waals surface area contributed by atoms with Crippen LogP contribution in [0.15, 0.2) is 24.3 Å². The lowest BCUT2D eigenvalue weighted by atomic mass is 10.2. The molecule has 0 aliphatic carbocycles. The van der Waals surface area contributed by atoms with E-state index >= 15 is 0 Å². The Kier molecular flexibility index (Phi) is 4.75. The summed E-state index contributed by atoms with van der Waals surface area (Å²) >= 11 is 3.40. The number of carbonyl (C=O) groups is 1. The minimum atomic E-state index is -0.395. The molecule has 0 aromatic heterocycles. The Labute approximate surface area is 97.0 Å². The third kappa shape index (κ3) is 4.00. The molecule has 15 heavy (non-hydrogen) atoms. The molecule has 2 nitrogen and oxygen atoms in total. The van der Waals surface area contributed by atoms with Crippen molar-refractivity contribution in [2.45, 2.75) is 18.2 Å². The second kappa shape index (κ2) is 5.85. The maximum Gasteiger partial charge on any atom is 0.251 e. The highest BCUT2D eigenvalue weighted by Gasteiger charge is 2.07. The number of amides is 1. The largest absolute Gasteiger partial charge is 0.351 e. The topological polar surface area (TPSA) is 29.1 Å². The van der Waals surface area contributed by atoms with Crippen molar-refractivity contribution < 1.29 is 9.18 Å². The zero-order valence-corrected chi connectivity index (χ0v) is 10.1. The van der Waals surface area contributed by atoms with Crippen LogP contribution in [-0.4, -0.2) is 17.3 Å². The fourth-order valence-electron chi connectivity index (χ4n) is 1.08. The van der Waals surface area contributed by atoms with E-state index in [0.717, 1.165) is 6.42 Å². The summed E-state index contributed by atoms with van der Waals surface area (Å²) in [6, 6.07) is 5.66. The highest BCUT2D eigenvalue weighted by atomic mass is 79.9.